The van der Waals surface area contributed by atoms with Gasteiger partial charge in [0.2, 0.25) is 5.91 Å². The summed E-state index contributed by atoms with van der Waals surface area (Å²) in [5.41, 5.74) is 5.47. The van der Waals surface area contributed by atoms with Crippen LogP contribution in [0.5, 0.6) is 0 Å². The maximum atomic E-state index is 13.4. The molecule has 2 aliphatic heterocycles. The van der Waals surface area contributed by atoms with Crippen LogP contribution in [0.2, 0.25) is 0 Å². The lowest BCUT2D eigenvalue weighted by atomic mass is 9.86. The molecule has 6 nitrogen and oxygen atoms in total. The number of nitrogens with one attached hydrogen (secondary N) is 3. The van der Waals surface area contributed by atoms with Crippen LogP contribution in [0.3, 0.4) is 0 Å². The van der Waals surface area contributed by atoms with Gasteiger partial charge in [0.05, 0.1) is 18.1 Å². The first-order valence-corrected chi connectivity index (χ1v) is 8.68. The summed E-state index contributed by atoms with van der Waals surface area (Å²) in [4.78, 5) is 12.2. The molecule has 1 aromatic carbocycles. The molecule has 1 amide bonds. The largest absolute Gasteiger partial charge is 0.361 e. The van der Waals surface area contributed by atoms with Crippen LogP contribution >= 0.6 is 0 Å². The number of aliphatic hydroxyl groups excluding tert-OH is 1. The van der Waals surface area contributed by atoms with Crippen LogP contribution in [0.1, 0.15) is 44.9 Å². The predicted octanol–water partition coefficient (Wildman–Crippen LogP) is 1.14. The van der Waals surface area contributed by atoms with Gasteiger partial charge in [0.15, 0.2) is 6.35 Å². The van der Waals surface area contributed by atoms with Crippen molar-refractivity contribution in [3.63, 3.8) is 0 Å². The van der Waals surface area contributed by atoms with E-state index in [1.807, 2.05) is 11.9 Å². The highest BCUT2D eigenvalue weighted by atomic mass is 19.1. The van der Waals surface area contributed by atoms with Gasteiger partial charge in [-0.05, 0) is 23.5 Å². The average molecular weight is 350 g/mol. The minimum Gasteiger partial charge on any atom is -0.361 e. The average Bonchev–Trinajstić information content (AvgIpc) is 2.92. The SMILES string of the molecule is C[C@@H](c1ccc(C(C)(C)C)cc1)N1NC(CF)C2C(=O)NC(O)NC21. The van der Waals surface area contributed by atoms with Crippen LogP contribution in [-0.4, -0.2) is 41.3 Å². The Labute approximate surface area is 147 Å². The number of hydrazine groups is 1. The molecule has 2 aliphatic rings. The summed E-state index contributed by atoms with van der Waals surface area (Å²) < 4.78 is 13.4. The molecule has 7 heteroatoms. The van der Waals surface area contributed by atoms with Gasteiger partial charge in [-0.3, -0.25) is 10.1 Å². The molecular formula is C18H27FN4O2. The summed E-state index contributed by atoms with van der Waals surface area (Å²) in [6.45, 7) is 7.83. The number of carbonyl (C=O) groups is 1. The topological polar surface area (TPSA) is 76.6 Å². The molecule has 0 spiro atoms. The number of carbonyl (C=O) groups excluding carboxylic acids is 1. The van der Waals surface area contributed by atoms with Crippen molar-refractivity contribution in [1.82, 2.24) is 21.1 Å². The first kappa shape index (κ1) is 18.3. The van der Waals surface area contributed by atoms with Gasteiger partial charge in [-0.25, -0.2) is 14.8 Å². The number of aliphatic hydroxyl groups is 1. The van der Waals surface area contributed by atoms with Crippen molar-refractivity contribution in [3.05, 3.63) is 35.4 Å². The highest BCUT2D eigenvalue weighted by molar-refractivity contribution is 5.81. The molecule has 2 fully saturated rings. The van der Waals surface area contributed by atoms with Crippen LogP contribution in [-0.2, 0) is 10.2 Å². The van der Waals surface area contributed by atoms with E-state index in [9.17, 15) is 14.3 Å². The van der Waals surface area contributed by atoms with Crippen LogP contribution < -0.4 is 16.1 Å². The second-order valence-electron chi connectivity index (χ2n) is 7.89. The van der Waals surface area contributed by atoms with E-state index < -0.39 is 31.2 Å². The maximum absolute atomic E-state index is 13.4. The Bertz CT molecular complexity index is 631. The summed E-state index contributed by atoms with van der Waals surface area (Å²) >= 11 is 0. The Balaban J connectivity index is 1.83. The van der Waals surface area contributed by atoms with Gasteiger partial charge >= 0.3 is 0 Å². The number of fused-ring (bicyclic) bond motifs is 1. The molecule has 138 valence electrons. The molecule has 25 heavy (non-hydrogen) atoms. The van der Waals surface area contributed by atoms with Crippen LogP contribution in [0.15, 0.2) is 24.3 Å². The van der Waals surface area contributed by atoms with E-state index in [1.54, 1.807) is 0 Å². The Morgan fingerprint density at radius 1 is 1.28 bits per heavy atom. The molecule has 0 aliphatic carbocycles. The summed E-state index contributed by atoms with van der Waals surface area (Å²) in [5, 5.41) is 17.0. The lowest BCUT2D eigenvalue weighted by molar-refractivity contribution is -0.136. The van der Waals surface area contributed by atoms with Gasteiger partial charge in [-0.2, -0.15) is 0 Å². The van der Waals surface area contributed by atoms with E-state index >= 15 is 0 Å². The van der Waals surface area contributed by atoms with E-state index in [2.05, 4.69) is 61.1 Å². The number of alkyl halides is 1. The number of halogens is 1. The Morgan fingerprint density at radius 3 is 2.48 bits per heavy atom. The standard InChI is InChI=1S/C18H27FN4O2/c1-10(11-5-7-12(8-6-11)18(2,3)4)23-15-14(13(9-19)22-23)16(24)21-17(25)20-15/h5-8,10,13-15,17,20,22,25H,9H2,1-4H3,(H,21,24)/t10-,13?,14?,15?,17?/m0/s1. The summed E-state index contributed by atoms with van der Waals surface area (Å²) in [6, 6.07) is 7.61. The van der Waals surface area contributed by atoms with E-state index in [-0.39, 0.29) is 17.4 Å². The number of amides is 1. The second-order valence-corrected chi connectivity index (χ2v) is 7.89. The fourth-order valence-electron chi connectivity index (χ4n) is 3.60. The number of hydrogen-bond donors (Lipinski definition) is 4. The number of hydrogen-bond acceptors (Lipinski definition) is 5. The zero-order valence-electron chi connectivity index (χ0n) is 15.1. The van der Waals surface area contributed by atoms with Crippen molar-refractivity contribution in [2.75, 3.05) is 6.67 Å². The number of benzene rings is 1. The van der Waals surface area contributed by atoms with Gasteiger partial charge in [0.25, 0.3) is 0 Å². The molecule has 4 unspecified atom stereocenters. The molecule has 2 heterocycles. The van der Waals surface area contributed by atoms with Gasteiger partial charge in [0, 0.05) is 6.04 Å². The Hall–Kier alpha value is -1.54. The molecule has 2 saturated heterocycles. The summed E-state index contributed by atoms with van der Waals surface area (Å²) in [5.74, 6) is -0.936. The monoisotopic (exact) mass is 350 g/mol. The lowest BCUT2D eigenvalue weighted by Crippen LogP contribution is -2.64. The molecule has 0 aromatic heterocycles. The van der Waals surface area contributed by atoms with E-state index in [1.165, 1.54) is 5.56 Å². The number of nitrogens with zero attached hydrogens (tertiary/aromatic N) is 1. The van der Waals surface area contributed by atoms with Crippen LogP contribution in [0.4, 0.5) is 4.39 Å². The minimum atomic E-state index is -1.13. The highest BCUT2D eigenvalue weighted by Gasteiger charge is 2.50. The molecule has 0 saturated carbocycles. The van der Waals surface area contributed by atoms with Gasteiger partial charge in [-0.15, -0.1) is 0 Å². The second kappa shape index (κ2) is 6.64. The van der Waals surface area contributed by atoms with Crippen molar-refractivity contribution in [3.8, 4) is 0 Å². The molecule has 0 radical (unpaired) electrons. The van der Waals surface area contributed by atoms with Gasteiger partial charge in [-0.1, -0.05) is 45.0 Å². The minimum absolute atomic E-state index is 0.0746. The Kier molecular flexibility index (Phi) is 4.85. The van der Waals surface area contributed by atoms with Crippen molar-refractivity contribution in [2.45, 2.75) is 57.7 Å². The van der Waals surface area contributed by atoms with Gasteiger partial charge in [0.1, 0.15) is 6.67 Å². The van der Waals surface area contributed by atoms with Crippen molar-refractivity contribution >= 4 is 5.91 Å². The predicted molar refractivity (Wildman–Crippen MR) is 92.9 cm³/mol. The summed E-state index contributed by atoms with van der Waals surface area (Å²) in [6.07, 6.45) is -1.60. The van der Waals surface area contributed by atoms with E-state index in [0.29, 0.717) is 0 Å². The molecule has 1 aromatic rings. The molecule has 0 bridgehead atoms. The zero-order valence-corrected chi connectivity index (χ0v) is 15.1. The van der Waals surface area contributed by atoms with Crippen LogP contribution in [0.25, 0.3) is 0 Å². The molecule has 5 atom stereocenters. The fourth-order valence-corrected chi connectivity index (χ4v) is 3.60. The maximum Gasteiger partial charge on any atom is 0.230 e. The molecular weight excluding hydrogens is 323 g/mol. The quantitative estimate of drug-likeness (QED) is 0.658. The third-order valence-corrected chi connectivity index (χ3v) is 5.14. The summed E-state index contributed by atoms with van der Waals surface area (Å²) in [7, 11) is 0. The highest BCUT2D eigenvalue weighted by Crippen LogP contribution is 2.32. The van der Waals surface area contributed by atoms with Gasteiger partial charge < -0.3 is 10.4 Å². The van der Waals surface area contributed by atoms with Crippen molar-refractivity contribution in [1.29, 1.82) is 0 Å². The third kappa shape index (κ3) is 3.42. The van der Waals surface area contributed by atoms with Crippen molar-refractivity contribution in [2.24, 2.45) is 5.92 Å². The smallest absolute Gasteiger partial charge is 0.230 e. The Morgan fingerprint density at radius 2 is 1.92 bits per heavy atom. The first-order valence-electron chi connectivity index (χ1n) is 8.68. The number of rotatable bonds is 3. The lowest BCUT2D eigenvalue weighted by Gasteiger charge is -2.37. The zero-order chi connectivity index (χ0) is 18.4. The van der Waals surface area contributed by atoms with E-state index in [0.717, 1.165) is 5.56 Å². The normalized spacial score (nSPS) is 31.5. The fraction of sp³-hybridized carbons (Fsp3) is 0.611. The third-order valence-electron chi connectivity index (χ3n) is 5.14. The molecule has 4 N–H and O–H groups in total. The first-order chi connectivity index (χ1) is 11.7. The van der Waals surface area contributed by atoms with Crippen molar-refractivity contribution < 1.29 is 14.3 Å². The molecule has 3 rings (SSSR count). The van der Waals surface area contributed by atoms with Crippen LogP contribution in [0, 0.1) is 5.92 Å². The van der Waals surface area contributed by atoms with E-state index in [4.69, 9.17) is 0 Å².